The number of amides is 1. The molecule has 0 bridgehead atoms. The average molecular weight is 284 g/mol. The average Bonchev–Trinajstić information content (AvgIpc) is 2.53. The van der Waals surface area contributed by atoms with Crippen molar-refractivity contribution < 1.29 is 9.53 Å². The van der Waals surface area contributed by atoms with Gasteiger partial charge in [-0.2, -0.15) is 0 Å². The topological polar surface area (TPSA) is 89.3 Å². The van der Waals surface area contributed by atoms with Crippen LogP contribution in [0, 0.1) is 0 Å². The predicted octanol–water partition coefficient (Wildman–Crippen LogP) is 1.83. The molecule has 2 heterocycles. The molecule has 0 fully saturated rings. The monoisotopic (exact) mass is 284 g/mol. The third kappa shape index (κ3) is 3.11. The molecule has 3 rings (SSSR count). The van der Waals surface area contributed by atoms with Crippen LogP contribution in [-0.2, 0) is 17.8 Å². The minimum Gasteiger partial charge on any atom is -0.487 e. The van der Waals surface area contributed by atoms with Crippen LogP contribution in [0.5, 0.6) is 5.75 Å². The fraction of sp³-hybridized carbons (Fsp3) is 0.200. The Balaban J connectivity index is 1.69. The molecule has 6 heteroatoms. The summed E-state index contributed by atoms with van der Waals surface area (Å²) < 4.78 is 5.74. The standard InChI is InChI=1S/C15H16N4O2/c16-19-11-5-6-17-12(8-11)9-21-13-2-3-14-10(7-13)1-4-15(20)18-14/h2-3,5-8H,1,4,9,16H2,(H,17,19)(H,18,20). The second kappa shape index (κ2) is 5.80. The van der Waals surface area contributed by atoms with Gasteiger partial charge in [0.05, 0.1) is 11.4 Å². The summed E-state index contributed by atoms with van der Waals surface area (Å²) in [6.45, 7) is 0.362. The van der Waals surface area contributed by atoms with Gasteiger partial charge in [-0.15, -0.1) is 0 Å². The number of ether oxygens (including phenoxy) is 1. The summed E-state index contributed by atoms with van der Waals surface area (Å²) in [6.07, 6.45) is 2.93. The predicted molar refractivity (Wildman–Crippen MR) is 79.8 cm³/mol. The normalized spacial score (nSPS) is 13.3. The molecular formula is C15H16N4O2. The summed E-state index contributed by atoms with van der Waals surface area (Å²) in [4.78, 5) is 15.5. The van der Waals surface area contributed by atoms with E-state index in [4.69, 9.17) is 10.6 Å². The van der Waals surface area contributed by atoms with E-state index in [0.29, 0.717) is 13.0 Å². The van der Waals surface area contributed by atoms with Crippen LogP contribution in [0.4, 0.5) is 11.4 Å². The number of pyridine rings is 1. The van der Waals surface area contributed by atoms with E-state index in [-0.39, 0.29) is 5.91 Å². The van der Waals surface area contributed by atoms with Gasteiger partial charge < -0.3 is 15.5 Å². The first-order valence-corrected chi connectivity index (χ1v) is 6.72. The number of benzene rings is 1. The highest BCUT2D eigenvalue weighted by Crippen LogP contribution is 2.27. The quantitative estimate of drug-likeness (QED) is 0.589. The lowest BCUT2D eigenvalue weighted by Gasteiger charge is -2.17. The molecule has 0 saturated carbocycles. The van der Waals surface area contributed by atoms with Crippen LogP contribution in [0.3, 0.4) is 0 Å². The zero-order chi connectivity index (χ0) is 14.7. The number of carbonyl (C=O) groups excluding carboxylic acids is 1. The Kier molecular flexibility index (Phi) is 3.70. The van der Waals surface area contributed by atoms with E-state index in [1.807, 2.05) is 24.3 Å². The molecule has 0 aliphatic carbocycles. The first-order chi connectivity index (χ1) is 10.2. The molecule has 0 saturated heterocycles. The van der Waals surface area contributed by atoms with E-state index >= 15 is 0 Å². The molecule has 1 aromatic carbocycles. The van der Waals surface area contributed by atoms with Crippen molar-refractivity contribution in [2.45, 2.75) is 19.4 Å². The number of fused-ring (bicyclic) bond motifs is 1. The lowest BCUT2D eigenvalue weighted by molar-refractivity contribution is -0.116. The molecule has 1 aliphatic heterocycles. The Labute approximate surface area is 122 Å². The maximum atomic E-state index is 11.3. The van der Waals surface area contributed by atoms with Gasteiger partial charge >= 0.3 is 0 Å². The number of aryl methyl sites for hydroxylation is 1. The van der Waals surface area contributed by atoms with E-state index in [2.05, 4.69) is 15.7 Å². The third-order valence-corrected chi connectivity index (χ3v) is 3.34. The smallest absolute Gasteiger partial charge is 0.224 e. The van der Waals surface area contributed by atoms with Crippen LogP contribution in [0.15, 0.2) is 36.5 Å². The molecule has 1 aliphatic rings. The van der Waals surface area contributed by atoms with Gasteiger partial charge in [-0.1, -0.05) is 0 Å². The molecule has 108 valence electrons. The second-order valence-electron chi connectivity index (χ2n) is 4.84. The van der Waals surface area contributed by atoms with Gasteiger partial charge in [-0.05, 0) is 42.3 Å². The van der Waals surface area contributed by atoms with Gasteiger partial charge in [0, 0.05) is 18.3 Å². The van der Waals surface area contributed by atoms with Gasteiger partial charge in [0.25, 0.3) is 0 Å². The molecule has 21 heavy (non-hydrogen) atoms. The number of hydrogen-bond acceptors (Lipinski definition) is 5. The van der Waals surface area contributed by atoms with E-state index in [1.54, 1.807) is 12.3 Å². The van der Waals surface area contributed by atoms with Crippen LogP contribution in [0.2, 0.25) is 0 Å². The van der Waals surface area contributed by atoms with Crippen molar-refractivity contribution in [3.05, 3.63) is 47.8 Å². The number of anilines is 2. The van der Waals surface area contributed by atoms with Crippen LogP contribution in [-0.4, -0.2) is 10.9 Å². The molecular weight excluding hydrogens is 268 g/mol. The fourth-order valence-corrected chi connectivity index (χ4v) is 2.25. The van der Waals surface area contributed by atoms with Crippen LogP contribution < -0.4 is 21.3 Å². The highest BCUT2D eigenvalue weighted by molar-refractivity contribution is 5.93. The molecule has 1 aromatic heterocycles. The molecule has 0 spiro atoms. The van der Waals surface area contributed by atoms with Gasteiger partial charge in [0.1, 0.15) is 12.4 Å². The van der Waals surface area contributed by atoms with Crippen molar-refractivity contribution >= 4 is 17.3 Å². The summed E-state index contributed by atoms with van der Waals surface area (Å²) in [5, 5.41) is 2.85. The van der Waals surface area contributed by atoms with Crippen molar-refractivity contribution in [3.8, 4) is 5.75 Å². The Morgan fingerprint density at radius 2 is 2.19 bits per heavy atom. The Hall–Kier alpha value is -2.60. The summed E-state index contributed by atoms with van der Waals surface area (Å²) in [7, 11) is 0. The van der Waals surface area contributed by atoms with E-state index in [1.165, 1.54) is 0 Å². The van der Waals surface area contributed by atoms with Crippen molar-refractivity contribution in [3.63, 3.8) is 0 Å². The maximum Gasteiger partial charge on any atom is 0.224 e. The highest BCUT2D eigenvalue weighted by Gasteiger charge is 2.15. The number of hydrogen-bond donors (Lipinski definition) is 3. The number of nitrogens with two attached hydrogens (primary N) is 1. The van der Waals surface area contributed by atoms with Crippen LogP contribution in [0.1, 0.15) is 17.7 Å². The number of carbonyl (C=O) groups is 1. The summed E-state index contributed by atoms with van der Waals surface area (Å²) in [6, 6.07) is 9.28. The summed E-state index contributed by atoms with van der Waals surface area (Å²) in [5.74, 6) is 6.18. The minimum absolute atomic E-state index is 0.0615. The molecule has 6 nitrogen and oxygen atoms in total. The van der Waals surface area contributed by atoms with Crippen LogP contribution in [0.25, 0.3) is 0 Å². The number of nitrogen functional groups attached to an aromatic ring is 1. The van der Waals surface area contributed by atoms with Gasteiger partial charge in [0.2, 0.25) is 5.91 Å². The molecule has 0 atom stereocenters. The van der Waals surface area contributed by atoms with Gasteiger partial charge in [-0.25, -0.2) is 0 Å². The number of hydrazine groups is 1. The first-order valence-electron chi connectivity index (χ1n) is 6.72. The van der Waals surface area contributed by atoms with E-state index < -0.39 is 0 Å². The molecule has 2 aromatic rings. The zero-order valence-electron chi connectivity index (χ0n) is 11.4. The highest BCUT2D eigenvalue weighted by atomic mass is 16.5. The SMILES string of the molecule is NNc1ccnc(COc2ccc3c(c2)CCC(=O)N3)c1. The van der Waals surface area contributed by atoms with E-state index in [0.717, 1.165) is 34.8 Å². The summed E-state index contributed by atoms with van der Waals surface area (Å²) >= 11 is 0. The number of nitrogens with one attached hydrogen (secondary N) is 2. The molecule has 1 amide bonds. The van der Waals surface area contributed by atoms with Crippen molar-refractivity contribution in [2.75, 3.05) is 10.7 Å². The van der Waals surface area contributed by atoms with Gasteiger partial charge in [0.15, 0.2) is 0 Å². The van der Waals surface area contributed by atoms with Crippen molar-refractivity contribution in [1.29, 1.82) is 0 Å². The largest absolute Gasteiger partial charge is 0.487 e. The molecule has 0 radical (unpaired) electrons. The lowest BCUT2D eigenvalue weighted by Crippen LogP contribution is -2.18. The molecule has 0 unspecified atom stereocenters. The van der Waals surface area contributed by atoms with Crippen molar-refractivity contribution in [2.24, 2.45) is 5.84 Å². The maximum absolute atomic E-state index is 11.3. The fourth-order valence-electron chi connectivity index (χ4n) is 2.25. The minimum atomic E-state index is 0.0615. The summed E-state index contributed by atoms with van der Waals surface area (Å²) in [5.41, 5.74) is 6.11. The Bertz CT molecular complexity index is 672. The lowest BCUT2D eigenvalue weighted by atomic mass is 10.0. The number of aromatic nitrogens is 1. The Morgan fingerprint density at radius 1 is 1.29 bits per heavy atom. The van der Waals surface area contributed by atoms with E-state index in [9.17, 15) is 4.79 Å². The molecule has 4 N–H and O–H groups in total. The van der Waals surface area contributed by atoms with Gasteiger partial charge in [-0.3, -0.25) is 15.6 Å². The Morgan fingerprint density at radius 3 is 3.05 bits per heavy atom. The van der Waals surface area contributed by atoms with Crippen LogP contribution >= 0.6 is 0 Å². The number of nitrogens with zero attached hydrogens (tertiary/aromatic N) is 1. The third-order valence-electron chi connectivity index (χ3n) is 3.34. The number of rotatable bonds is 4. The zero-order valence-corrected chi connectivity index (χ0v) is 11.4. The second-order valence-corrected chi connectivity index (χ2v) is 4.84. The van der Waals surface area contributed by atoms with Crippen molar-refractivity contribution in [1.82, 2.24) is 4.98 Å². The first kappa shape index (κ1) is 13.4.